The van der Waals surface area contributed by atoms with Gasteiger partial charge in [0.05, 0.1) is 18.7 Å². The molecule has 1 aliphatic heterocycles. The van der Waals surface area contributed by atoms with Gasteiger partial charge in [-0.2, -0.15) is 0 Å². The van der Waals surface area contributed by atoms with Crippen LogP contribution < -0.4 is 10.1 Å². The van der Waals surface area contributed by atoms with Gasteiger partial charge < -0.3 is 10.1 Å². The van der Waals surface area contributed by atoms with E-state index in [0.717, 1.165) is 4.90 Å². The van der Waals surface area contributed by atoms with Gasteiger partial charge in [0.15, 0.2) is 11.3 Å². The molecule has 1 aliphatic rings. The minimum atomic E-state index is -1.41. The molecule has 1 fully saturated rings. The lowest BCUT2D eigenvalue weighted by molar-refractivity contribution is -0.129. The Bertz CT molecular complexity index is 1110. The minimum absolute atomic E-state index is 0.272. The fourth-order valence-corrected chi connectivity index (χ4v) is 3.99. The SMILES string of the molecule is COc1ccc(C(=O)CN2C(=O)NC(c3ccccc3)(c3ccccc3)C2=O)cc1Cl. The number of benzene rings is 3. The molecule has 0 unspecified atom stereocenters. The van der Waals surface area contributed by atoms with Crippen molar-refractivity contribution in [3.05, 3.63) is 101 Å². The molecule has 3 aromatic carbocycles. The summed E-state index contributed by atoms with van der Waals surface area (Å²) in [4.78, 5) is 40.3. The number of methoxy groups -OCH3 is 1. The average Bonchev–Trinajstić information content (AvgIpc) is 3.05. The third-order valence-electron chi connectivity index (χ3n) is 5.29. The summed E-state index contributed by atoms with van der Waals surface area (Å²) in [5.74, 6) is -0.492. The van der Waals surface area contributed by atoms with E-state index < -0.39 is 29.8 Å². The molecular weight excluding hydrogens is 416 g/mol. The zero-order chi connectivity index (χ0) is 22.0. The summed E-state index contributed by atoms with van der Waals surface area (Å²) < 4.78 is 5.10. The second-order valence-corrected chi connectivity index (χ2v) is 7.48. The van der Waals surface area contributed by atoms with Crippen LogP contribution in [0.2, 0.25) is 5.02 Å². The van der Waals surface area contributed by atoms with Gasteiger partial charge in [-0.3, -0.25) is 14.5 Å². The maximum atomic E-state index is 13.6. The van der Waals surface area contributed by atoms with Crippen LogP contribution in [-0.4, -0.2) is 36.3 Å². The van der Waals surface area contributed by atoms with Crippen LogP contribution >= 0.6 is 11.6 Å². The predicted octanol–water partition coefficient (Wildman–Crippen LogP) is 4.03. The molecule has 3 aromatic rings. The Kier molecular flexibility index (Phi) is 5.48. The van der Waals surface area contributed by atoms with E-state index in [2.05, 4.69) is 5.32 Å². The molecule has 0 atom stereocenters. The van der Waals surface area contributed by atoms with Crippen molar-refractivity contribution in [1.29, 1.82) is 0 Å². The predicted molar refractivity (Wildman–Crippen MR) is 116 cm³/mol. The van der Waals surface area contributed by atoms with Crippen LogP contribution in [0, 0.1) is 0 Å². The molecule has 0 radical (unpaired) electrons. The first kappa shape index (κ1) is 20.6. The highest BCUT2D eigenvalue weighted by Gasteiger charge is 2.54. The highest BCUT2D eigenvalue weighted by Crippen LogP contribution is 2.36. The van der Waals surface area contributed by atoms with Gasteiger partial charge in [0.1, 0.15) is 5.75 Å². The lowest BCUT2D eigenvalue weighted by Gasteiger charge is -2.28. The van der Waals surface area contributed by atoms with Gasteiger partial charge >= 0.3 is 6.03 Å². The van der Waals surface area contributed by atoms with Crippen molar-refractivity contribution in [2.24, 2.45) is 0 Å². The number of Topliss-reactive ketones (excluding diaryl/α,β-unsaturated/α-hetero) is 1. The smallest absolute Gasteiger partial charge is 0.325 e. The first-order chi connectivity index (χ1) is 15.0. The topological polar surface area (TPSA) is 75.7 Å². The highest BCUT2D eigenvalue weighted by atomic mass is 35.5. The quantitative estimate of drug-likeness (QED) is 0.469. The van der Waals surface area contributed by atoms with E-state index in [4.69, 9.17) is 16.3 Å². The Morgan fingerprint density at radius 1 is 0.968 bits per heavy atom. The number of amides is 3. The average molecular weight is 435 g/mol. The van der Waals surface area contributed by atoms with E-state index >= 15 is 0 Å². The maximum absolute atomic E-state index is 13.6. The first-order valence-electron chi connectivity index (χ1n) is 9.59. The van der Waals surface area contributed by atoms with Crippen molar-refractivity contribution in [2.75, 3.05) is 13.7 Å². The molecule has 1 heterocycles. The van der Waals surface area contributed by atoms with E-state index in [1.165, 1.54) is 13.2 Å². The van der Waals surface area contributed by atoms with E-state index in [9.17, 15) is 14.4 Å². The number of nitrogens with one attached hydrogen (secondary N) is 1. The van der Waals surface area contributed by atoms with Gasteiger partial charge in [0, 0.05) is 5.56 Å². The standard InChI is InChI=1S/C24H19ClN2O4/c1-31-21-13-12-16(14-19(21)25)20(28)15-27-22(29)24(26-23(27)30,17-8-4-2-5-9-17)18-10-6-3-7-11-18/h2-14H,15H2,1H3,(H,26,30). The minimum Gasteiger partial charge on any atom is -0.495 e. The Balaban J connectivity index is 1.70. The Morgan fingerprint density at radius 3 is 2.06 bits per heavy atom. The number of carbonyl (C=O) groups excluding carboxylic acids is 3. The number of carbonyl (C=O) groups is 3. The number of rotatable bonds is 6. The van der Waals surface area contributed by atoms with Gasteiger partial charge in [-0.25, -0.2) is 4.79 Å². The van der Waals surface area contributed by atoms with Crippen molar-refractivity contribution < 1.29 is 19.1 Å². The molecule has 4 rings (SSSR count). The third-order valence-corrected chi connectivity index (χ3v) is 5.59. The number of ketones is 1. The number of halogens is 1. The first-order valence-corrected chi connectivity index (χ1v) is 9.97. The van der Waals surface area contributed by atoms with Crippen LogP contribution in [0.5, 0.6) is 5.75 Å². The van der Waals surface area contributed by atoms with Crippen LogP contribution in [0.4, 0.5) is 4.79 Å². The zero-order valence-electron chi connectivity index (χ0n) is 16.7. The summed E-state index contributed by atoms with van der Waals surface area (Å²) in [6, 6.07) is 21.9. The van der Waals surface area contributed by atoms with Gasteiger partial charge in [-0.05, 0) is 29.3 Å². The van der Waals surface area contributed by atoms with Gasteiger partial charge in [-0.1, -0.05) is 72.3 Å². The van der Waals surface area contributed by atoms with Crippen LogP contribution in [0.3, 0.4) is 0 Å². The molecule has 156 valence electrons. The van der Waals surface area contributed by atoms with E-state index in [-0.39, 0.29) is 10.6 Å². The Labute approximate surface area is 184 Å². The lowest BCUT2D eigenvalue weighted by Crippen LogP contribution is -2.45. The molecule has 3 amide bonds. The Hall–Kier alpha value is -3.64. The summed E-state index contributed by atoms with van der Waals surface area (Å²) in [7, 11) is 1.47. The van der Waals surface area contributed by atoms with E-state index in [1.807, 2.05) is 12.1 Å². The molecule has 6 nitrogen and oxygen atoms in total. The molecule has 0 bridgehead atoms. The largest absolute Gasteiger partial charge is 0.495 e. The van der Waals surface area contributed by atoms with Crippen molar-refractivity contribution in [3.63, 3.8) is 0 Å². The van der Waals surface area contributed by atoms with Crippen LogP contribution in [0.1, 0.15) is 21.5 Å². The molecular formula is C24H19ClN2O4. The number of ether oxygens (including phenoxy) is 1. The molecule has 0 aliphatic carbocycles. The molecule has 31 heavy (non-hydrogen) atoms. The summed E-state index contributed by atoms with van der Waals surface area (Å²) >= 11 is 6.12. The van der Waals surface area contributed by atoms with Crippen LogP contribution in [-0.2, 0) is 10.3 Å². The summed E-state index contributed by atoms with van der Waals surface area (Å²) in [6.07, 6.45) is 0. The van der Waals surface area contributed by atoms with E-state index in [0.29, 0.717) is 16.9 Å². The van der Waals surface area contributed by atoms with Gasteiger partial charge in [0.2, 0.25) is 0 Å². The Morgan fingerprint density at radius 2 is 1.55 bits per heavy atom. The van der Waals surface area contributed by atoms with Crippen LogP contribution in [0.25, 0.3) is 0 Å². The lowest BCUT2D eigenvalue weighted by atomic mass is 9.82. The fourth-order valence-electron chi connectivity index (χ4n) is 3.73. The molecule has 1 N–H and O–H groups in total. The fraction of sp³-hybridized carbons (Fsp3) is 0.125. The number of imide groups is 1. The van der Waals surface area contributed by atoms with Crippen molar-refractivity contribution >= 4 is 29.3 Å². The maximum Gasteiger partial charge on any atom is 0.325 e. The molecule has 7 heteroatoms. The van der Waals surface area contributed by atoms with Crippen molar-refractivity contribution in [3.8, 4) is 5.75 Å². The monoisotopic (exact) mass is 434 g/mol. The number of hydrogen-bond donors (Lipinski definition) is 1. The second kappa shape index (κ2) is 8.24. The van der Waals surface area contributed by atoms with E-state index in [1.54, 1.807) is 60.7 Å². The summed E-state index contributed by atoms with van der Waals surface area (Å²) in [5.41, 5.74) is 0.101. The van der Waals surface area contributed by atoms with Crippen LogP contribution in [0.15, 0.2) is 78.9 Å². The van der Waals surface area contributed by atoms with Gasteiger partial charge in [-0.15, -0.1) is 0 Å². The molecule has 0 aromatic heterocycles. The zero-order valence-corrected chi connectivity index (χ0v) is 17.4. The van der Waals surface area contributed by atoms with Crippen molar-refractivity contribution in [1.82, 2.24) is 10.2 Å². The normalized spacial score (nSPS) is 15.0. The summed E-state index contributed by atoms with van der Waals surface area (Å²) in [5, 5.41) is 3.10. The highest BCUT2D eigenvalue weighted by molar-refractivity contribution is 6.32. The number of hydrogen-bond acceptors (Lipinski definition) is 4. The number of urea groups is 1. The van der Waals surface area contributed by atoms with Crippen molar-refractivity contribution in [2.45, 2.75) is 5.54 Å². The molecule has 0 spiro atoms. The molecule has 0 saturated carbocycles. The second-order valence-electron chi connectivity index (χ2n) is 7.08. The van der Waals surface area contributed by atoms with Gasteiger partial charge in [0.25, 0.3) is 5.91 Å². The summed E-state index contributed by atoms with van der Waals surface area (Å²) in [6.45, 7) is -0.408. The number of nitrogens with zero attached hydrogens (tertiary/aromatic N) is 1. The molecule has 1 saturated heterocycles. The third kappa shape index (κ3) is 3.55.